The van der Waals surface area contributed by atoms with Crippen LogP contribution in [-0.4, -0.2) is 26.6 Å². The predicted octanol–water partition coefficient (Wildman–Crippen LogP) is 1.41. The molecule has 1 aromatic carbocycles. The Morgan fingerprint density at radius 1 is 1.43 bits per heavy atom. The Morgan fingerprint density at radius 2 is 2.05 bits per heavy atom. The van der Waals surface area contributed by atoms with Gasteiger partial charge in [-0.2, -0.15) is 0 Å². The van der Waals surface area contributed by atoms with Crippen LogP contribution >= 0.6 is 11.6 Å². The summed E-state index contributed by atoms with van der Waals surface area (Å²) in [6.07, 6.45) is 0. The fraction of sp³-hybridized carbons (Fsp3) is 0.385. The summed E-state index contributed by atoms with van der Waals surface area (Å²) in [7, 11) is -3.85. The van der Waals surface area contributed by atoms with Gasteiger partial charge in [0.05, 0.1) is 21.6 Å². The highest BCUT2D eigenvalue weighted by molar-refractivity contribution is 7.91. The molecule has 0 fully saturated rings. The summed E-state index contributed by atoms with van der Waals surface area (Å²) in [5.74, 6) is -2.16. The van der Waals surface area contributed by atoms with Crippen LogP contribution in [-0.2, 0) is 19.4 Å². The summed E-state index contributed by atoms with van der Waals surface area (Å²) in [4.78, 5) is 21.5. The van der Waals surface area contributed by atoms with Gasteiger partial charge in [-0.25, -0.2) is 8.42 Å². The van der Waals surface area contributed by atoms with Gasteiger partial charge in [-0.05, 0) is 18.1 Å². The monoisotopic (exact) mass is 333 g/mol. The predicted molar refractivity (Wildman–Crippen MR) is 77.7 cm³/mol. The molecule has 0 aliphatic rings. The quantitative estimate of drug-likeness (QED) is 0.760. The number of halogens is 1. The molecule has 0 saturated carbocycles. The number of hydrogen-bond acceptors (Lipinski definition) is 5. The highest BCUT2D eigenvalue weighted by Gasteiger charge is 2.29. The summed E-state index contributed by atoms with van der Waals surface area (Å²) in [6, 6.07) is 3.82. The van der Waals surface area contributed by atoms with Crippen molar-refractivity contribution in [2.45, 2.75) is 18.7 Å². The standard InChI is InChI=1S/C13H16ClNO5S/c1-8(2)10(13(15)17)6-21(18,19)12-5-9(20-7-16)3-4-11(12)14/h3-5,7-8,10H,6H2,1-2H3,(H2,15,17). The molecule has 0 spiro atoms. The minimum Gasteiger partial charge on any atom is -0.429 e. The van der Waals surface area contributed by atoms with Crippen LogP contribution in [0.15, 0.2) is 23.1 Å². The molecule has 6 nitrogen and oxygen atoms in total. The van der Waals surface area contributed by atoms with E-state index < -0.39 is 27.4 Å². The Morgan fingerprint density at radius 3 is 2.52 bits per heavy atom. The van der Waals surface area contributed by atoms with Crippen molar-refractivity contribution >= 4 is 33.8 Å². The molecule has 0 aromatic heterocycles. The van der Waals surface area contributed by atoms with E-state index in [4.69, 9.17) is 17.3 Å². The zero-order valence-corrected chi connectivity index (χ0v) is 13.1. The van der Waals surface area contributed by atoms with Crippen LogP contribution in [0.25, 0.3) is 0 Å². The van der Waals surface area contributed by atoms with Crippen molar-refractivity contribution < 1.29 is 22.7 Å². The Hall–Kier alpha value is -1.60. The number of benzene rings is 1. The first-order valence-corrected chi connectivity index (χ1v) is 8.14. The number of amides is 1. The maximum Gasteiger partial charge on any atom is 0.298 e. The maximum atomic E-state index is 12.4. The first-order chi connectivity index (χ1) is 9.69. The topological polar surface area (TPSA) is 104 Å². The SMILES string of the molecule is CC(C)C(CS(=O)(=O)c1cc(OC=O)ccc1Cl)C(N)=O. The zero-order valence-electron chi connectivity index (χ0n) is 11.6. The Labute approximate surface area is 128 Å². The molecule has 1 aromatic rings. The van der Waals surface area contributed by atoms with E-state index in [1.54, 1.807) is 13.8 Å². The number of primary amides is 1. The van der Waals surface area contributed by atoms with Gasteiger partial charge in [-0.15, -0.1) is 0 Å². The summed E-state index contributed by atoms with van der Waals surface area (Å²) in [5.41, 5.74) is 5.23. The third-order valence-corrected chi connectivity index (χ3v) is 5.24. The van der Waals surface area contributed by atoms with E-state index in [0.29, 0.717) is 0 Å². The Bertz CT molecular complexity index is 642. The van der Waals surface area contributed by atoms with Crippen molar-refractivity contribution in [1.29, 1.82) is 0 Å². The molecule has 21 heavy (non-hydrogen) atoms. The number of sulfone groups is 1. The molecule has 1 amide bonds. The van der Waals surface area contributed by atoms with E-state index >= 15 is 0 Å². The van der Waals surface area contributed by atoms with E-state index in [-0.39, 0.29) is 28.1 Å². The van der Waals surface area contributed by atoms with Crippen LogP contribution in [0.4, 0.5) is 0 Å². The lowest BCUT2D eigenvalue weighted by Crippen LogP contribution is -2.33. The van der Waals surface area contributed by atoms with Gasteiger partial charge < -0.3 is 10.5 Å². The maximum absolute atomic E-state index is 12.4. The molecule has 0 radical (unpaired) electrons. The van der Waals surface area contributed by atoms with E-state index in [9.17, 15) is 18.0 Å². The van der Waals surface area contributed by atoms with Gasteiger partial charge in [0.1, 0.15) is 5.75 Å². The van der Waals surface area contributed by atoms with Gasteiger partial charge in [0, 0.05) is 6.07 Å². The van der Waals surface area contributed by atoms with E-state index in [1.165, 1.54) is 12.1 Å². The summed E-state index contributed by atoms with van der Waals surface area (Å²) < 4.78 is 29.4. The van der Waals surface area contributed by atoms with Crippen LogP contribution in [0.3, 0.4) is 0 Å². The van der Waals surface area contributed by atoms with Gasteiger partial charge in [-0.3, -0.25) is 9.59 Å². The van der Waals surface area contributed by atoms with E-state index in [2.05, 4.69) is 4.74 Å². The minimum atomic E-state index is -3.85. The first kappa shape index (κ1) is 17.5. The number of hydrogen-bond donors (Lipinski definition) is 1. The molecular formula is C13H16ClNO5S. The van der Waals surface area contributed by atoms with Gasteiger partial charge >= 0.3 is 0 Å². The molecule has 0 aliphatic carbocycles. The number of ether oxygens (including phenoxy) is 1. The molecule has 8 heteroatoms. The number of rotatable bonds is 7. The Kier molecular flexibility index (Phi) is 5.74. The molecule has 1 unspecified atom stereocenters. The normalized spacial score (nSPS) is 13.0. The largest absolute Gasteiger partial charge is 0.429 e. The molecule has 0 bridgehead atoms. The van der Waals surface area contributed by atoms with Gasteiger partial charge in [0.15, 0.2) is 9.84 Å². The van der Waals surface area contributed by atoms with Crippen molar-refractivity contribution in [3.63, 3.8) is 0 Å². The zero-order chi connectivity index (χ0) is 16.2. The third-order valence-electron chi connectivity index (χ3n) is 2.99. The molecule has 0 saturated heterocycles. The van der Waals surface area contributed by atoms with Crippen LogP contribution < -0.4 is 10.5 Å². The molecule has 116 valence electrons. The minimum absolute atomic E-state index is 0.0137. The van der Waals surface area contributed by atoms with Crippen molar-refractivity contribution in [2.24, 2.45) is 17.6 Å². The highest BCUT2D eigenvalue weighted by Crippen LogP contribution is 2.29. The smallest absolute Gasteiger partial charge is 0.298 e. The summed E-state index contributed by atoms with van der Waals surface area (Å²) in [5, 5.41) is -0.0137. The van der Waals surface area contributed by atoms with Crippen LogP contribution in [0, 0.1) is 11.8 Å². The van der Waals surface area contributed by atoms with Crippen LogP contribution in [0.5, 0.6) is 5.75 Å². The fourth-order valence-electron chi connectivity index (χ4n) is 1.78. The number of carbonyl (C=O) groups excluding carboxylic acids is 2. The molecular weight excluding hydrogens is 318 g/mol. The van der Waals surface area contributed by atoms with Crippen molar-refractivity contribution in [2.75, 3.05) is 5.75 Å². The fourth-order valence-corrected chi connectivity index (χ4v) is 4.11. The lowest BCUT2D eigenvalue weighted by molar-refractivity contribution is -0.122. The molecule has 0 heterocycles. The lowest BCUT2D eigenvalue weighted by atomic mass is 9.98. The molecule has 2 N–H and O–H groups in total. The van der Waals surface area contributed by atoms with Crippen molar-refractivity contribution in [1.82, 2.24) is 0 Å². The second kappa shape index (κ2) is 6.91. The third kappa shape index (κ3) is 4.44. The first-order valence-electron chi connectivity index (χ1n) is 6.11. The highest BCUT2D eigenvalue weighted by atomic mass is 35.5. The lowest BCUT2D eigenvalue weighted by Gasteiger charge is -2.17. The average molecular weight is 334 g/mol. The van der Waals surface area contributed by atoms with E-state index in [0.717, 1.165) is 6.07 Å². The van der Waals surface area contributed by atoms with Crippen LogP contribution in [0.2, 0.25) is 5.02 Å². The van der Waals surface area contributed by atoms with Gasteiger partial charge in [0.25, 0.3) is 6.47 Å². The number of carbonyl (C=O) groups is 2. The molecule has 1 atom stereocenters. The second-order valence-electron chi connectivity index (χ2n) is 4.84. The number of nitrogens with two attached hydrogens (primary N) is 1. The Balaban J connectivity index is 3.21. The average Bonchev–Trinajstić information content (AvgIpc) is 2.38. The summed E-state index contributed by atoms with van der Waals surface area (Å²) >= 11 is 5.88. The molecule has 1 rings (SSSR count). The summed E-state index contributed by atoms with van der Waals surface area (Å²) in [6.45, 7) is 3.59. The van der Waals surface area contributed by atoms with E-state index in [1.807, 2.05) is 0 Å². The van der Waals surface area contributed by atoms with Crippen molar-refractivity contribution in [3.8, 4) is 5.75 Å². The van der Waals surface area contributed by atoms with Crippen molar-refractivity contribution in [3.05, 3.63) is 23.2 Å². The van der Waals surface area contributed by atoms with Gasteiger partial charge in [0.2, 0.25) is 5.91 Å². The second-order valence-corrected chi connectivity index (χ2v) is 7.25. The molecule has 0 aliphatic heterocycles. The van der Waals surface area contributed by atoms with Gasteiger partial charge in [-0.1, -0.05) is 25.4 Å². The van der Waals surface area contributed by atoms with Crippen LogP contribution in [0.1, 0.15) is 13.8 Å².